The predicted octanol–water partition coefficient (Wildman–Crippen LogP) is -1.25. The molecule has 11 nitrogen and oxygen atoms in total. The summed E-state index contributed by atoms with van der Waals surface area (Å²) in [6, 6.07) is 2.98. The van der Waals surface area contributed by atoms with E-state index in [-0.39, 0.29) is 18.5 Å². The first kappa shape index (κ1) is 23.5. The number of ether oxygens (including phenoxy) is 2. The van der Waals surface area contributed by atoms with Gasteiger partial charge >= 0.3 is 5.97 Å². The first-order valence-corrected chi connectivity index (χ1v) is 11.9. The molecule has 0 amide bonds. The van der Waals surface area contributed by atoms with Crippen molar-refractivity contribution in [2.45, 2.75) is 93.0 Å². The molecule has 3 heterocycles. The summed E-state index contributed by atoms with van der Waals surface area (Å²) in [6.45, 7) is 5.82. The van der Waals surface area contributed by atoms with Crippen molar-refractivity contribution >= 4 is 11.8 Å². The van der Waals surface area contributed by atoms with Gasteiger partial charge < -0.3 is 45.1 Å². The Morgan fingerprint density at radius 1 is 1.20 bits per heavy atom. The summed E-state index contributed by atoms with van der Waals surface area (Å²) in [6.07, 6.45) is -3.52. The molecule has 192 valence electrons. The third kappa shape index (κ3) is 1.70. The Morgan fingerprint density at radius 2 is 1.86 bits per heavy atom. The molecule has 4 saturated carbocycles. The lowest BCUT2D eigenvalue weighted by atomic mass is 9.52. The Labute approximate surface area is 200 Å². The van der Waals surface area contributed by atoms with E-state index in [1.807, 2.05) is 0 Å². The minimum absolute atomic E-state index is 0.0143. The van der Waals surface area contributed by atoms with Gasteiger partial charge in [-0.15, -0.1) is 0 Å². The van der Waals surface area contributed by atoms with Crippen LogP contribution in [0, 0.1) is 16.7 Å². The van der Waals surface area contributed by atoms with E-state index >= 15 is 0 Å². The number of carbonyl (C=O) groups excluding carboxylic acids is 2. The molecule has 11 heteroatoms. The fourth-order valence-corrected chi connectivity index (χ4v) is 9.20. The molecule has 6 aliphatic rings. The second kappa shape index (κ2) is 5.83. The Hall–Kier alpha value is -1.86. The second-order valence-electron chi connectivity index (χ2n) is 11.8. The van der Waals surface area contributed by atoms with Crippen LogP contribution in [0.5, 0.6) is 0 Å². The number of hydrogen-bond donors (Lipinski definition) is 7. The third-order valence-electron chi connectivity index (χ3n) is 10.8. The van der Waals surface area contributed by atoms with E-state index in [1.165, 1.54) is 26.1 Å². The summed E-state index contributed by atoms with van der Waals surface area (Å²) in [7, 11) is 0. The summed E-state index contributed by atoms with van der Waals surface area (Å²) in [5.41, 5.74) is -16.6. The van der Waals surface area contributed by atoms with Crippen LogP contribution < -0.4 is 0 Å². The molecule has 35 heavy (non-hydrogen) atoms. The van der Waals surface area contributed by atoms with E-state index in [0.717, 1.165) is 0 Å². The number of aromatic amines is 1. The maximum absolute atomic E-state index is 13.1. The number of rotatable bonds is 3. The maximum atomic E-state index is 13.1. The molecule has 1 aromatic heterocycles. The SMILES string of the molecule is CC(C)[C@@]1(O)[C@@H](OC(=O)c2ccc[nH]2)[C@@]2(O)[C@@]3(C)C[C@]4(O)O[C@@]5([C@H](O)C(=O)CC[C@]35O)[C@@]2(O)[C@@]14C. The Kier molecular flexibility index (Phi) is 3.92. The maximum Gasteiger partial charge on any atom is 0.355 e. The summed E-state index contributed by atoms with van der Waals surface area (Å²) in [4.78, 5) is 28.6. The van der Waals surface area contributed by atoms with Crippen LogP contribution in [0.4, 0.5) is 0 Å². The lowest BCUT2D eigenvalue weighted by Crippen LogP contribution is -2.75. The Balaban J connectivity index is 1.70. The highest BCUT2D eigenvalue weighted by Gasteiger charge is 3.10. The molecule has 1 spiro atoms. The van der Waals surface area contributed by atoms with Crippen LogP contribution in [0.2, 0.25) is 0 Å². The van der Waals surface area contributed by atoms with Gasteiger partial charge in [-0.25, -0.2) is 4.79 Å². The van der Waals surface area contributed by atoms with Crippen LogP contribution in [0.25, 0.3) is 0 Å². The summed E-state index contributed by atoms with van der Waals surface area (Å²) >= 11 is 0. The monoisotopic (exact) mass is 493 g/mol. The largest absolute Gasteiger partial charge is 0.451 e. The van der Waals surface area contributed by atoms with Crippen molar-refractivity contribution in [3.8, 4) is 0 Å². The number of aliphatic hydroxyl groups excluding tert-OH is 1. The number of Topliss-reactive ketones (excluding diaryl/α,β-unsaturated/α-hetero) is 1. The molecule has 0 radical (unpaired) electrons. The van der Waals surface area contributed by atoms with Gasteiger partial charge in [0.2, 0.25) is 0 Å². The molecule has 4 aliphatic carbocycles. The van der Waals surface area contributed by atoms with Gasteiger partial charge in [-0.05, 0) is 31.4 Å². The fraction of sp³-hybridized carbons (Fsp3) is 0.750. The molecule has 6 bridgehead atoms. The molecule has 7 N–H and O–H groups in total. The molecule has 2 saturated heterocycles. The number of ketones is 1. The molecule has 7 rings (SSSR count). The van der Waals surface area contributed by atoms with Gasteiger partial charge in [0, 0.05) is 24.5 Å². The number of carbonyl (C=O) groups is 2. The van der Waals surface area contributed by atoms with Crippen molar-refractivity contribution < 1.29 is 49.7 Å². The molecular formula is C24H31NO10. The average Bonchev–Trinajstić information content (AvgIpc) is 3.41. The summed E-state index contributed by atoms with van der Waals surface area (Å²) < 4.78 is 11.8. The lowest BCUT2D eigenvalue weighted by Gasteiger charge is -2.59. The molecular weight excluding hydrogens is 462 g/mol. The van der Waals surface area contributed by atoms with Crippen molar-refractivity contribution in [2.24, 2.45) is 16.7 Å². The van der Waals surface area contributed by atoms with Crippen molar-refractivity contribution in [1.82, 2.24) is 4.98 Å². The quantitative estimate of drug-likeness (QED) is 0.250. The zero-order valence-electron chi connectivity index (χ0n) is 19.9. The van der Waals surface area contributed by atoms with E-state index in [1.54, 1.807) is 19.9 Å². The van der Waals surface area contributed by atoms with E-state index in [2.05, 4.69) is 4.98 Å². The van der Waals surface area contributed by atoms with Gasteiger partial charge in [-0.3, -0.25) is 4.79 Å². The van der Waals surface area contributed by atoms with Gasteiger partial charge in [-0.2, -0.15) is 0 Å². The second-order valence-corrected chi connectivity index (χ2v) is 11.8. The van der Waals surface area contributed by atoms with Gasteiger partial charge in [-0.1, -0.05) is 20.8 Å². The highest BCUT2D eigenvalue weighted by molar-refractivity contribution is 5.89. The molecule has 0 aromatic carbocycles. The summed E-state index contributed by atoms with van der Waals surface area (Å²) in [5, 5.41) is 73.0. The lowest BCUT2D eigenvalue weighted by molar-refractivity contribution is -0.382. The predicted molar refractivity (Wildman–Crippen MR) is 114 cm³/mol. The van der Waals surface area contributed by atoms with Crippen LogP contribution in [0.15, 0.2) is 18.3 Å². The van der Waals surface area contributed by atoms with E-state index in [4.69, 9.17) is 9.47 Å². The van der Waals surface area contributed by atoms with Crippen LogP contribution >= 0.6 is 0 Å². The standard InChI is InChI=1S/C24H31NO10/c1-11(2)21(31)16(34-15(28)12-6-5-9-25-12)22(32)17(3)10-20(30)18(21,4)24(22,33)23(35-20)14(27)13(26)7-8-19(17,23)29/h5-6,9,11,14,16,25,27,29-33H,7-8,10H2,1-4H3/t14-,16-,17+,18-,19+,20+,21-,22-,23-,24-/m1/s1. The van der Waals surface area contributed by atoms with Crippen LogP contribution in [0.3, 0.4) is 0 Å². The topological polar surface area (TPSA) is 190 Å². The van der Waals surface area contributed by atoms with E-state index in [0.29, 0.717) is 0 Å². The zero-order chi connectivity index (χ0) is 25.8. The minimum Gasteiger partial charge on any atom is -0.451 e. The van der Waals surface area contributed by atoms with Crippen molar-refractivity contribution in [3.05, 3.63) is 24.0 Å². The highest BCUT2D eigenvalue weighted by Crippen LogP contribution is 2.90. The van der Waals surface area contributed by atoms with Crippen molar-refractivity contribution in [3.63, 3.8) is 0 Å². The number of H-pyrrole nitrogens is 1. The number of esters is 1. The van der Waals surface area contributed by atoms with Gasteiger partial charge in [0.25, 0.3) is 0 Å². The molecule has 0 unspecified atom stereocenters. The highest BCUT2D eigenvalue weighted by atomic mass is 16.7. The first-order chi connectivity index (χ1) is 16.0. The zero-order valence-corrected chi connectivity index (χ0v) is 19.9. The molecule has 6 fully saturated rings. The minimum atomic E-state index is -2.81. The fourth-order valence-electron chi connectivity index (χ4n) is 9.20. The van der Waals surface area contributed by atoms with Gasteiger partial charge in [0.15, 0.2) is 23.3 Å². The van der Waals surface area contributed by atoms with Crippen LogP contribution in [-0.4, -0.2) is 93.4 Å². The van der Waals surface area contributed by atoms with Gasteiger partial charge in [0.05, 0.1) is 5.41 Å². The molecule has 1 aromatic rings. The smallest absolute Gasteiger partial charge is 0.355 e. The summed E-state index contributed by atoms with van der Waals surface area (Å²) in [5.74, 6) is -4.94. The number of nitrogens with one attached hydrogen (secondary N) is 1. The van der Waals surface area contributed by atoms with Crippen LogP contribution in [0.1, 0.15) is 57.4 Å². The number of aliphatic hydroxyl groups is 6. The first-order valence-electron chi connectivity index (χ1n) is 11.9. The average molecular weight is 494 g/mol. The van der Waals surface area contributed by atoms with Crippen molar-refractivity contribution in [1.29, 1.82) is 0 Å². The number of hydrogen-bond acceptors (Lipinski definition) is 10. The normalized spacial score (nSPS) is 57.7. The number of aromatic nitrogens is 1. The third-order valence-corrected chi connectivity index (χ3v) is 10.8. The molecule has 2 aliphatic heterocycles. The Morgan fingerprint density at radius 3 is 2.43 bits per heavy atom. The van der Waals surface area contributed by atoms with Gasteiger partial charge in [0.1, 0.15) is 34.2 Å². The van der Waals surface area contributed by atoms with E-state index < -0.39 is 80.9 Å². The molecule has 10 atom stereocenters. The van der Waals surface area contributed by atoms with Crippen molar-refractivity contribution in [2.75, 3.05) is 0 Å². The van der Waals surface area contributed by atoms with Crippen LogP contribution in [-0.2, 0) is 14.3 Å². The Bertz CT molecular complexity index is 1170. The van der Waals surface area contributed by atoms with E-state index in [9.17, 15) is 40.2 Å².